The Balaban J connectivity index is 0.00000364. The van der Waals surface area contributed by atoms with E-state index in [1.54, 1.807) is 31.9 Å². The Morgan fingerprint density at radius 2 is 2.04 bits per heavy atom. The molecule has 0 bridgehead atoms. The number of hydrogen-bond donors (Lipinski definition) is 2. The molecular weight excluding hydrogens is 478 g/mol. The van der Waals surface area contributed by atoms with Crippen LogP contribution in [0.25, 0.3) is 0 Å². The highest BCUT2D eigenvalue weighted by molar-refractivity contribution is 14.0. The maximum Gasteiger partial charge on any atom is 0.220 e. The van der Waals surface area contributed by atoms with E-state index >= 15 is 0 Å². The second-order valence-electron chi connectivity index (χ2n) is 6.43. The first kappa shape index (κ1) is 24.0. The fourth-order valence-corrected chi connectivity index (χ4v) is 3.92. The zero-order valence-corrected chi connectivity index (χ0v) is 19.2. The minimum absolute atomic E-state index is 0. The van der Waals surface area contributed by atoms with Gasteiger partial charge in [0.15, 0.2) is 5.96 Å². The standard InChI is InChI=1S/C19H29FN4OS.HI/c1-21-18(25)13-15-7-10-24(11-8-15)19(22-2)23-9-12-26-14-16-5-3-4-6-17(16)20;/h3-6,15H,7-14H2,1-2H3,(H,21,25)(H,22,23);1H. The van der Waals surface area contributed by atoms with Crippen molar-refractivity contribution in [3.63, 3.8) is 0 Å². The highest BCUT2D eigenvalue weighted by Crippen LogP contribution is 2.20. The zero-order valence-electron chi connectivity index (χ0n) is 16.0. The number of nitrogens with zero attached hydrogens (tertiary/aromatic N) is 2. The Kier molecular flexibility index (Phi) is 11.7. The van der Waals surface area contributed by atoms with E-state index < -0.39 is 0 Å². The number of aliphatic imine (C=N–C) groups is 1. The first-order valence-electron chi connectivity index (χ1n) is 9.11. The first-order valence-corrected chi connectivity index (χ1v) is 10.3. The zero-order chi connectivity index (χ0) is 18.8. The van der Waals surface area contributed by atoms with Crippen molar-refractivity contribution in [3.05, 3.63) is 35.6 Å². The molecule has 5 nitrogen and oxygen atoms in total. The van der Waals surface area contributed by atoms with Crippen molar-refractivity contribution >= 4 is 47.6 Å². The Hall–Kier alpha value is -1.03. The minimum Gasteiger partial charge on any atom is -0.359 e. The van der Waals surface area contributed by atoms with E-state index in [1.807, 2.05) is 12.1 Å². The number of carbonyl (C=O) groups excluding carboxylic acids is 1. The number of nitrogens with one attached hydrogen (secondary N) is 2. The predicted octanol–water partition coefficient (Wildman–Crippen LogP) is 3.10. The summed E-state index contributed by atoms with van der Waals surface area (Å²) in [5.41, 5.74) is 0.750. The number of rotatable bonds is 7. The number of piperidine rings is 1. The molecule has 1 aliphatic rings. The molecule has 1 saturated heterocycles. The Labute approximate surface area is 183 Å². The van der Waals surface area contributed by atoms with Crippen LogP contribution in [0.3, 0.4) is 0 Å². The van der Waals surface area contributed by atoms with Gasteiger partial charge in [0.05, 0.1) is 0 Å². The summed E-state index contributed by atoms with van der Waals surface area (Å²) in [5, 5.41) is 6.09. The van der Waals surface area contributed by atoms with Crippen LogP contribution >= 0.6 is 35.7 Å². The van der Waals surface area contributed by atoms with Crippen LogP contribution in [0.4, 0.5) is 4.39 Å². The summed E-state index contributed by atoms with van der Waals surface area (Å²) < 4.78 is 13.6. The number of amides is 1. The molecule has 2 rings (SSSR count). The smallest absolute Gasteiger partial charge is 0.220 e. The minimum atomic E-state index is -0.136. The van der Waals surface area contributed by atoms with Gasteiger partial charge in [-0.25, -0.2) is 4.39 Å². The van der Waals surface area contributed by atoms with E-state index in [4.69, 9.17) is 0 Å². The lowest BCUT2D eigenvalue weighted by atomic mass is 9.93. The summed E-state index contributed by atoms with van der Waals surface area (Å²) in [4.78, 5) is 18.1. The number of benzene rings is 1. The number of carbonyl (C=O) groups is 1. The molecule has 1 aliphatic heterocycles. The molecular formula is C19H30FIN4OS. The Bertz CT molecular complexity index is 609. The van der Waals surface area contributed by atoms with Crippen LogP contribution in [0.1, 0.15) is 24.8 Å². The molecule has 8 heteroatoms. The van der Waals surface area contributed by atoms with Gasteiger partial charge in [0, 0.05) is 51.7 Å². The largest absolute Gasteiger partial charge is 0.359 e. The van der Waals surface area contributed by atoms with Crippen molar-refractivity contribution in [2.75, 3.05) is 39.5 Å². The molecule has 0 spiro atoms. The van der Waals surface area contributed by atoms with E-state index in [-0.39, 0.29) is 35.7 Å². The van der Waals surface area contributed by atoms with E-state index in [1.165, 1.54) is 6.07 Å². The van der Waals surface area contributed by atoms with Crippen LogP contribution in [0.5, 0.6) is 0 Å². The lowest BCUT2D eigenvalue weighted by molar-refractivity contribution is -0.121. The molecule has 1 heterocycles. The second-order valence-corrected chi connectivity index (χ2v) is 7.53. The molecule has 0 atom stereocenters. The van der Waals surface area contributed by atoms with Crippen LogP contribution in [0.15, 0.2) is 29.3 Å². The third-order valence-electron chi connectivity index (χ3n) is 4.62. The van der Waals surface area contributed by atoms with Gasteiger partial charge in [-0.1, -0.05) is 18.2 Å². The number of guanidine groups is 1. The molecule has 0 aliphatic carbocycles. The van der Waals surface area contributed by atoms with Gasteiger partial charge in [0.2, 0.25) is 5.91 Å². The van der Waals surface area contributed by atoms with Gasteiger partial charge in [-0.15, -0.1) is 24.0 Å². The highest BCUT2D eigenvalue weighted by atomic mass is 127. The summed E-state index contributed by atoms with van der Waals surface area (Å²) in [5.74, 6) is 2.93. The van der Waals surface area contributed by atoms with E-state index in [0.717, 1.165) is 49.8 Å². The van der Waals surface area contributed by atoms with E-state index in [0.29, 0.717) is 18.1 Å². The molecule has 1 aromatic rings. The van der Waals surface area contributed by atoms with Crippen molar-refractivity contribution < 1.29 is 9.18 Å². The molecule has 0 radical (unpaired) electrons. The summed E-state index contributed by atoms with van der Waals surface area (Å²) in [6.45, 7) is 2.64. The van der Waals surface area contributed by atoms with Crippen molar-refractivity contribution in [2.45, 2.75) is 25.0 Å². The van der Waals surface area contributed by atoms with Gasteiger partial charge in [-0.2, -0.15) is 11.8 Å². The van der Waals surface area contributed by atoms with E-state index in [9.17, 15) is 9.18 Å². The van der Waals surface area contributed by atoms with Gasteiger partial charge < -0.3 is 15.5 Å². The van der Waals surface area contributed by atoms with Gasteiger partial charge >= 0.3 is 0 Å². The molecule has 1 amide bonds. The molecule has 2 N–H and O–H groups in total. The quantitative estimate of drug-likeness (QED) is 0.257. The van der Waals surface area contributed by atoms with Gasteiger partial charge in [-0.3, -0.25) is 9.79 Å². The average molecular weight is 508 g/mol. The molecule has 152 valence electrons. The fraction of sp³-hybridized carbons (Fsp3) is 0.579. The van der Waals surface area contributed by atoms with Crippen LogP contribution in [0, 0.1) is 11.7 Å². The number of hydrogen-bond acceptors (Lipinski definition) is 3. The maximum atomic E-state index is 13.6. The molecule has 27 heavy (non-hydrogen) atoms. The molecule has 0 saturated carbocycles. The topological polar surface area (TPSA) is 56.7 Å². The van der Waals surface area contributed by atoms with Crippen molar-refractivity contribution in [1.29, 1.82) is 0 Å². The molecule has 1 aromatic carbocycles. The SMILES string of the molecule is CN=C(NCCSCc1ccccc1F)N1CCC(CC(=O)NC)CC1.I. The van der Waals surface area contributed by atoms with Crippen LogP contribution in [-0.4, -0.2) is 56.2 Å². The van der Waals surface area contributed by atoms with Crippen molar-refractivity contribution in [3.8, 4) is 0 Å². The third kappa shape index (κ3) is 8.25. The van der Waals surface area contributed by atoms with Gasteiger partial charge in [-0.05, 0) is 30.4 Å². The summed E-state index contributed by atoms with van der Waals surface area (Å²) in [6.07, 6.45) is 2.63. The fourth-order valence-electron chi connectivity index (χ4n) is 3.08. The summed E-state index contributed by atoms with van der Waals surface area (Å²) in [7, 11) is 3.48. The summed E-state index contributed by atoms with van der Waals surface area (Å²) >= 11 is 1.71. The van der Waals surface area contributed by atoms with E-state index in [2.05, 4.69) is 20.5 Å². The maximum absolute atomic E-state index is 13.6. The van der Waals surface area contributed by atoms with Crippen molar-refractivity contribution in [1.82, 2.24) is 15.5 Å². The van der Waals surface area contributed by atoms with Gasteiger partial charge in [0.1, 0.15) is 5.82 Å². The second kappa shape index (κ2) is 13.2. The van der Waals surface area contributed by atoms with Crippen molar-refractivity contribution in [2.24, 2.45) is 10.9 Å². The van der Waals surface area contributed by atoms with Crippen LogP contribution in [0.2, 0.25) is 0 Å². The first-order chi connectivity index (χ1) is 12.6. The monoisotopic (exact) mass is 508 g/mol. The molecule has 0 unspecified atom stereocenters. The summed E-state index contributed by atoms with van der Waals surface area (Å²) in [6, 6.07) is 6.92. The number of halogens is 2. The average Bonchev–Trinajstić information content (AvgIpc) is 2.67. The number of thioether (sulfide) groups is 1. The van der Waals surface area contributed by atoms with Crippen LogP contribution in [-0.2, 0) is 10.5 Å². The lowest BCUT2D eigenvalue weighted by Gasteiger charge is -2.34. The highest BCUT2D eigenvalue weighted by Gasteiger charge is 2.22. The lowest BCUT2D eigenvalue weighted by Crippen LogP contribution is -2.46. The normalized spacial score (nSPS) is 15.2. The Morgan fingerprint density at radius 3 is 2.67 bits per heavy atom. The predicted molar refractivity (Wildman–Crippen MR) is 122 cm³/mol. The molecule has 1 fully saturated rings. The van der Waals surface area contributed by atoms with Gasteiger partial charge in [0.25, 0.3) is 0 Å². The Morgan fingerprint density at radius 1 is 1.33 bits per heavy atom. The molecule has 0 aromatic heterocycles. The van der Waals surface area contributed by atoms with Crippen LogP contribution < -0.4 is 10.6 Å². The third-order valence-corrected chi connectivity index (χ3v) is 5.63. The number of likely N-dealkylation sites (tertiary alicyclic amines) is 1.